The van der Waals surface area contributed by atoms with Crippen LogP contribution >= 0.6 is 11.6 Å². The van der Waals surface area contributed by atoms with Gasteiger partial charge in [-0.25, -0.2) is 4.98 Å². The van der Waals surface area contributed by atoms with Gasteiger partial charge in [0, 0.05) is 28.6 Å². The Morgan fingerprint density at radius 1 is 1.00 bits per heavy atom. The Balaban J connectivity index is 0.00000129. The van der Waals surface area contributed by atoms with E-state index in [1.165, 1.54) is 49.9 Å². The summed E-state index contributed by atoms with van der Waals surface area (Å²) in [6.07, 6.45) is 9.97. The van der Waals surface area contributed by atoms with E-state index in [0.717, 1.165) is 27.4 Å². The van der Waals surface area contributed by atoms with Crippen molar-refractivity contribution in [3.63, 3.8) is 0 Å². The van der Waals surface area contributed by atoms with Crippen molar-refractivity contribution < 1.29 is 0 Å². The molecule has 1 saturated heterocycles. The Labute approximate surface area is 231 Å². The Morgan fingerprint density at radius 3 is 2.63 bits per heavy atom. The fourth-order valence-electron chi connectivity index (χ4n) is 7.18. The van der Waals surface area contributed by atoms with Crippen LogP contribution in [-0.4, -0.2) is 34.0 Å². The van der Waals surface area contributed by atoms with Crippen LogP contribution in [-0.2, 0) is 5.41 Å². The summed E-state index contributed by atoms with van der Waals surface area (Å²) >= 11 is 6.14. The molecule has 2 aliphatic carbocycles. The van der Waals surface area contributed by atoms with Crippen LogP contribution in [0.25, 0.3) is 28.5 Å². The van der Waals surface area contributed by atoms with Gasteiger partial charge in [0.1, 0.15) is 5.82 Å². The maximum absolute atomic E-state index is 6.14. The minimum Gasteiger partial charge on any atom is -0.338 e. The monoisotopic (exact) mass is 523 g/mol. The van der Waals surface area contributed by atoms with Crippen molar-refractivity contribution in [2.45, 2.75) is 63.8 Å². The van der Waals surface area contributed by atoms with Crippen LogP contribution in [0.3, 0.4) is 0 Å². The van der Waals surface area contributed by atoms with Crippen LogP contribution in [0.2, 0.25) is 5.02 Å². The smallest absolute Gasteiger partial charge is 0.138 e. The van der Waals surface area contributed by atoms with Crippen LogP contribution in [0.4, 0.5) is 0 Å². The molecular weight excluding hydrogens is 486 g/mol. The molecule has 0 bridgehead atoms. The molecule has 1 aromatic heterocycles. The number of rotatable bonds is 3. The van der Waals surface area contributed by atoms with E-state index in [4.69, 9.17) is 16.6 Å². The molecule has 2 fully saturated rings. The number of hydrogen-bond donors (Lipinski definition) is 1. The average molecular weight is 524 g/mol. The number of imidazole rings is 1. The van der Waals surface area contributed by atoms with Gasteiger partial charge in [-0.3, -0.25) is 0 Å². The number of aromatic nitrogens is 2. The molecule has 1 N–H and O–H groups in total. The summed E-state index contributed by atoms with van der Waals surface area (Å²) in [5.41, 5.74) is 7.74. The lowest BCUT2D eigenvalue weighted by atomic mass is 9.68. The fraction of sp³-hybridized carbons (Fsp3) is 0.382. The highest BCUT2D eigenvalue weighted by molar-refractivity contribution is 6.31. The first-order valence-electron chi connectivity index (χ1n) is 14.4. The van der Waals surface area contributed by atoms with Gasteiger partial charge < -0.3 is 9.88 Å². The number of nitrogens with zero attached hydrogens (tertiary/aromatic N) is 2. The highest BCUT2D eigenvalue weighted by Crippen LogP contribution is 2.48. The minimum absolute atomic E-state index is 0.239. The summed E-state index contributed by atoms with van der Waals surface area (Å²) in [5, 5.41) is 0.728. The first kappa shape index (κ1) is 25.4. The average Bonchev–Trinajstić information content (AvgIpc) is 3.70. The maximum Gasteiger partial charge on any atom is 0.138 e. The molecule has 2 heterocycles. The molecule has 38 heavy (non-hydrogen) atoms. The summed E-state index contributed by atoms with van der Waals surface area (Å²) in [5.74, 6) is 2.20. The molecule has 3 aromatic carbocycles. The normalized spacial score (nSPS) is 26.5. The number of likely N-dealkylation sites (tertiary alicyclic amines) is 1. The van der Waals surface area contributed by atoms with Crippen LogP contribution < -0.4 is 0 Å². The van der Waals surface area contributed by atoms with E-state index in [0.29, 0.717) is 17.9 Å². The largest absolute Gasteiger partial charge is 0.338 e. The van der Waals surface area contributed by atoms with Gasteiger partial charge in [0.25, 0.3) is 0 Å². The molecule has 4 heteroatoms. The van der Waals surface area contributed by atoms with Gasteiger partial charge in [-0.15, -0.1) is 0 Å². The quantitative estimate of drug-likeness (QED) is 0.291. The third kappa shape index (κ3) is 4.40. The van der Waals surface area contributed by atoms with E-state index in [9.17, 15) is 0 Å². The van der Waals surface area contributed by atoms with Crippen LogP contribution in [0.1, 0.15) is 69.1 Å². The van der Waals surface area contributed by atoms with E-state index in [1.54, 1.807) is 5.56 Å². The number of benzene rings is 3. The van der Waals surface area contributed by atoms with Crippen molar-refractivity contribution >= 4 is 28.7 Å². The van der Waals surface area contributed by atoms with Crippen molar-refractivity contribution in [2.75, 3.05) is 13.1 Å². The van der Waals surface area contributed by atoms with E-state index < -0.39 is 0 Å². The number of allylic oxidation sites excluding steroid dienone is 1. The SMILES string of the molecule is CC.CC1CN(C2CCC(c3ccc(-c4nc5ccc(Cl)cc5[nH]4)cc3)C2)CCC12C=Cc1ccccc12. The summed E-state index contributed by atoms with van der Waals surface area (Å²) < 4.78 is 0. The lowest BCUT2D eigenvalue weighted by molar-refractivity contribution is 0.0898. The van der Waals surface area contributed by atoms with Gasteiger partial charge in [0.2, 0.25) is 0 Å². The lowest BCUT2D eigenvalue weighted by Gasteiger charge is -2.46. The highest BCUT2D eigenvalue weighted by Gasteiger charge is 2.45. The van der Waals surface area contributed by atoms with Gasteiger partial charge in [-0.05, 0) is 79.0 Å². The molecule has 4 atom stereocenters. The van der Waals surface area contributed by atoms with Gasteiger partial charge in [0.05, 0.1) is 11.0 Å². The second kappa shape index (κ2) is 10.4. The molecule has 0 radical (unpaired) electrons. The number of halogens is 1. The molecule has 1 spiro atoms. The van der Waals surface area contributed by atoms with Crippen molar-refractivity contribution in [1.29, 1.82) is 0 Å². The molecule has 3 nitrogen and oxygen atoms in total. The van der Waals surface area contributed by atoms with Crippen molar-refractivity contribution in [3.05, 3.63) is 94.5 Å². The predicted molar refractivity (Wildman–Crippen MR) is 161 cm³/mol. The molecule has 1 aliphatic heterocycles. The van der Waals surface area contributed by atoms with Crippen molar-refractivity contribution in [2.24, 2.45) is 5.92 Å². The van der Waals surface area contributed by atoms with Gasteiger partial charge in [-0.1, -0.05) is 93.1 Å². The molecular formula is C34H38ClN3. The highest BCUT2D eigenvalue weighted by atomic mass is 35.5. The number of fused-ring (bicyclic) bond motifs is 3. The zero-order valence-corrected chi connectivity index (χ0v) is 23.5. The first-order valence-corrected chi connectivity index (χ1v) is 14.8. The molecule has 4 aromatic rings. The number of aromatic amines is 1. The molecule has 7 rings (SSSR count). The Kier molecular flexibility index (Phi) is 6.92. The molecule has 0 amide bonds. The van der Waals surface area contributed by atoms with E-state index in [1.807, 2.05) is 32.0 Å². The second-order valence-electron chi connectivity index (χ2n) is 11.1. The van der Waals surface area contributed by atoms with Gasteiger partial charge in [-0.2, -0.15) is 0 Å². The zero-order chi connectivity index (χ0) is 26.3. The predicted octanol–water partition coefficient (Wildman–Crippen LogP) is 8.85. The van der Waals surface area contributed by atoms with E-state index in [-0.39, 0.29) is 5.41 Å². The summed E-state index contributed by atoms with van der Waals surface area (Å²) in [4.78, 5) is 11.0. The third-order valence-corrected chi connectivity index (χ3v) is 9.48. The third-order valence-electron chi connectivity index (χ3n) is 9.24. The summed E-state index contributed by atoms with van der Waals surface area (Å²) in [7, 11) is 0. The number of H-pyrrole nitrogens is 1. The van der Waals surface area contributed by atoms with Gasteiger partial charge in [0.15, 0.2) is 0 Å². The van der Waals surface area contributed by atoms with E-state index in [2.05, 4.69) is 77.5 Å². The lowest BCUT2D eigenvalue weighted by Crippen LogP contribution is -2.50. The van der Waals surface area contributed by atoms with Crippen LogP contribution in [0.15, 0.2) is 72.8 Å². The Bertz CT molecular complexity index is 1450. The number of piperidine rings is 1. The van der Waals surface area contributed by atoms with Crippen molar-refractivity contribution in [1.82, 2.24) is 14.9 Å². The topological polar surface area (TPSA) is 31.9 Å². The van der Waals surface area contributed by atoms with Gasteiger partial charge >= 0.3 is 0 Å². The van der Waals surface area contributed by atoms with Crippen LogP contribution in [0.5, 0.6) is 0 Å². The Hall–Kier alpha value is -2.88. The fourth-order valence-corrected chi connectivity index (χ4v) is 7.35. The van der Waals surface area contributed by atoms with Crippen molar-refractivity contribution in [3.8, 4) is 11.4 Å². The standard InChI is InChI=1S/C32H32ClN3.C2H6/c1-21-20-36(17-16-32(21)15-14-23-4-2-3-5-28(23)32)27-12-10-25(18-27)22-6-8-24(9-7-22)31-34-29-13-11-26(33)19-30(29)35-31;1-2/h2-9,11,13-15,19,21,25,27H,10,12,16-18,20H2,1H3,(H,34,35);1-2H3. The Morgan fingerprint density at radius 2 is 1.82 bits per heavy atom. The molecule has 3 aliphatic rings. The maximum atomic E-state index is 6.14. The number of nitrogens with one attached hydrogen (secondary N) is 1. The minimum atomic E-state index is 0.239. The second-order valence-corrected chi connectivity index (χ2v) is 11.6. The summed E-state index contributed by atoms with van der Waals surface area (Å²) in [6.45, 7) is 8.87. The number of hydrogen-bond acceptors (Lipinski definition) is 2. The summed E-state index contributed by atoms with van der Waals surface area (Å²) in [6, 6.07) is 24.6. The van der Waals surface area contributed by atoms with Crippen LogP contribution in [0, 0.1) is 5.92 Å². The zero-order valence-electron chi connectivity index (χ0n) is 22.8. The molecule has 1 saturated carbocycles. The van der Waals surface area contributed by atoms with E-state index >= 15 is 0 Å². The molecule has 196 valence electrons. The first-order chi connectivity index (χ1) is 18.6. The molecule has 4 unspecified atom stereocenters.